The third kappa shape index (κ3) is 3.00. The van der Waals surface area contributed by atoms with Crippen molar-refractivity contribution in [2.24, 2.45) is 0 Å². The van der Waals surface area contributed by atoms with Crippen LogP contribution >= 0.6 is 0 Å². The van der Waals surface area contributed by atoms with Crippen LogP contribution in [0.25, 0.3) is 10.9 Å². The van der Waals surface area contributed by atoms with E-state index in [4.69, 9.17) is 5.73 Å². The predicted octanol–water partition coefficient (Wildman–Crippen LogP) is 1.40. The SMILES string of the molecule is CC(CNc1nc2ccc(N)cc2c(=O)[nH]1)N(C)C1CC1. The van der Waals surface area contributed by atoms with Crippen molar-refractivity contribution < 1.29 is 0 Å². The van der Waals surface area contributed by atoms with Gasteiger partial charge in [0.15, 0.2) is 0 Å². The van der Waals surface area contributed by atoms with Crippen LogP contribution in [0, 0.1) is 0 Å². The van der Waals surface area contributed by atoms with Gasteiger partial charge in [-0.1, -0.05) is 0 Å². The van der Waals surface area contributed by atoms with Crippen molar-refractivity contribution in [3.8, 4) is 0 Å². The van der Waals surface area contributed by atoms with Crippen LogP contribution in [0.15, 0.2) is 23.0 Å². The Balaban J connectivity index is 1.75. The summed E-state index contributed by atoms with van der Waals surface area (Å²) < 4.78 is 0. The number of anilines is 2. The van der Waals surface area contributed by atoms with Crippen LogP contribution in [0.5, 0.6) is 0 Å². The van der Waals surface area contributed by atoms with Gasteiger partial charge in [0.05, 0.1) is 10.9 Å². The Morgan fingerprint density at radius 1 is 1.52 bits per heavy atom. The van der Waals surface area contributed by atoms with Crippen molar-refractivity contribution in [2.45, 2.75) is 31.8 Å². The average Bonchev–Trinajstić information content (AvgIpc) is 3.29. The van der Waals surface area contributed by atoms with Gasteiger partial charge in [-0.25, -0.2) is 4.98 Å². The summed E-state index contributed by atoms with van der Waals surface area (Å²) >= 11 is 0. The van der Waals surface area contributed by atoms with Crippen LogP contribution < -0.4 is 16.6 Å². The summed E-state index contributed by atoms with van der Waals surface area (Å²) in [6.45, 7) is 2.92. The summed E-state index contributed by atoms with van der Waals surface area (Å²) in [4.78, 5) is 21.6. The van der Waals surface area contributed by atoms with Crippen LogP contribution in [0.4, 0.5) is 11.6 Å². The Labute approximate surface area is 123 Å². The van der Waals surface area contributed by atoms with Crippen molar-refractivity contribution in [1.29, 1.82) is 0 Å². The molecule has 1 atom stereocenters. The molecule has 112 valence electrons. The lowest BCUT2D eigenvalue weighted by Gasteiger charge is -2.24. The number of aromatic amines is 1. The smallest absolute Gasteiger partial charge is 0.260 e. The van der Waals surface area contributed by atoms with Crippen LogP contribution in [0.3, 0.4) is 0 Å². The molecule has 0 radical (unpaired) electrons. The molecule has 3 rings (SSSR count). The summed E-state index contributed by atoms with van der Waals surface area (Å²) in [5.74, 6) is 0.508. The number of likely N-dealkylation sites (N-methyl/N-ethyl adjacent to an activating group) is 1. The number of rotatable bonds is 5. The fraction of sp³-hybridized carbons (Fsp3) is 0.467. The molecule has 6 nitrogen and oxygen atoms in total. The number of nitrogens with two attached hydrogens (primary N) is 1. The standard InChI is InChI=1S/C15H21N5O/c1-9(20(2)11-4-5-11)8-17-15-18-13-6-3-10(16)7-12(13)14(21)19-15/h3,6-7,9,11H,4-5,8,16H2,1-2H3,(H2,17,18,19,21). The largest absolute Gasteiger partial charge is 0.399 e. The molecule has 0 aliphatic heterocycles. The lowest BCUT2D eigenvalue weighted by molar-refractivity contribution is 0.257. The molecule has 21 heavy (non-hydrogen) atoms. The van der Waals surface area contributed by atoms with Gasteiger partial charge in [0.2, 0.25) is 5.95 Å². The van der Waals surface area contributed by atoms with Crippen LogP contribution in [0.1, 0.15) is 19.8 Å². The highest BCUT2D eigenvalue weighted by atomic mass is 16.1. The van der Waals surface area contributed by atoms with Crippen LogP contribution in [-0.2, 0) is 0 Å². The van der Waals surface area contributed by atoms with Crippen molar-refractivity contribution in [3.05, 3.63) is 28.6 Å². The highest BCUT2D eigenvalue weighted by Gasteiger charge is 2.28. The van der Waals surface area contributed by atoms with Gasteiger partial charge in [0, 0.05) is 24.3 Å². The molecule has 4 N–H and O–H groups in total. The van der Waals surface area contributed by atoms with Crippen molar-refractivity contribution >= 4 is 22.5 Å². The van der Waals surface area contributed by atoms with Crippen LogP contribution in [0.2, 0.25) is 0 Å². The van der Waals surface area contributed by atoms with E-state index in [1.165, 1.54) is 12.8 Å². The number of nitrogens with one attached hydrogen (secondary N) is 2. The molecule has 0 bridgehead atoms. The Kier molecular flexibility index (Phi) is 3.55. The maximum absolute atomic E-state index is 12.0. The van der Waals surface area contributed by atoms with Gasteiger partial charge in [-0.3, -0.25) is 14.7 Å². The Bertz CT molecular complexity index is 707. The first-order valence-corrected chi connectivity index (χ1v) is 7.30. The molecule has 1 aliphatic carbocycles. The number of nitrogen functional groups attached to an aromatic ring is 1. The van der Waals surface area contributed by atoms with Gasteiger partial charge >= 0.3 is 0 Å². The highest BCUT2D eigenvalue weighted by molar-refractivity contribution is 5.81. The number of hydrogen-bond donors (Lipinski definition) is 3. The van der Waals surface area contributed by atoms with Gasteiger partial charge in [-0.15, -0.1) is 0 Å². The second-order valence-electron chi connectivity index (χ2n) is 5.82. The second-order valence-corrected chi connectivity index (χ2v) is 5.82. The summed E-state index contributed by atoms with van der Waals surface area (Å²) in [7, 11) is 2.14. The molecule has 1 unspecified atom stereocenters. The van der Waals surface area contributed by atoms with E-state index in [2.05, 4.69) is 34.2 Å². The predicted molar refractivity (Wildman–Crippen MR) is 85.5 cm³/mol. The minimum absolute atomic E-state index is 0.169. The zero-order chi connectivity index (χ0) is 15.0. The Morgan fingerprint density at radius 3 is 3.00 bits per heavy atom. The summed E-state index contributed by atoms with van der Waals surface area (Å²) in [5, 5.41) is 3.73. The summed E-state index contributed by atoms with van der Waals surface area (Å²) in [6, 6.07) is 6.28. The summed E-state index contributed by atoms with van der Waals surface area (Å²) in [6.07, 6.45) is 2.57. The maximum atomic E-state index is 12.0. The first-order valence-electron chi connectivity index (χ1n) is 7.30. The number of hydrogen-bond acceptors (Lipinski definition) is 5. The molecule has 6 heteroatoms. The summed E-state index contributed by atoms with van der Waals surface area (Å²) in [5.41, 5.74) is 6.74. The number of fused-ring (bicyclic) bond motifs is 1. The number of aromatic nitrogens is 2. The normalized spacial score (nSPS) is 16.3. The van der Waals surface area contributed by atoms with E-state index in [0.29, 0.717) is 34.6 Å². The van der Waals surface area contributed by atoms with Crippen molar-refractivity contribution in [2.75, 3.05) is 24.6 Å². The van der Waals surface area contributed by atoms with Gasteiger partial charge in [-0.05, 0) is 45.0 Å². The molecular formula is C15H21N5O. The quantitative estimate of drug-likeness (QED) is 0.724. The molecule has 0 amide bonds. The number of H-pyrrole nitrogens is 1. The van der Waals surface area contributed by atoms with E-state index in [-0.39, 0.29) is 5.56 Å². The Morgan fingerprint density at radius 2 is 2.29 bits per heavy atom. The third-order valence-corrected chi connectivity index (χ3v) is 4.11. The lowest BCUT2D eigenvalue weighted by atomic mass is 10.2. The van der Waals surface area contributed by atoms with Gasteiger partial charge in [-0.2, -0.15) is 0 Å². The van der Waals surface area contributed by atoms with E-state index in [1.54, 1.807) is 18.2 Å². The Hall–Kier alpha value is -2.08. The molecule has 1 aliphatic rings. The zero-order valence-electron chi connectivity index (χ0n) is 12.4. The second kappa shape index (κ2) is 5.37. The number of benzene rings is 1. The maximum Gasteiger partial charge on any atom is 0.260 e. The van der Waals surface area contributed by atoms with E-state index in [0.717, 1.165) is 6.54 Å². The molecule has 1 aromatic heterocycles. The molecule has 1 heterocycles. The van der Waals surface area contributed by atoms with Gasteiger partial charge in [0.25, 0.3) is 5.56 Å². The fourth-order valence-corrected chi connectivity index (χ4v) is 2.47. The first-order chi connectivity index (χ1) is 10.0. The molecule has 1 fully saturated rings. The van der Waals surface area contributed by atoms with Crippen molar-refractivity contribution in [1.82, 2.24) is 14.9 Å². The van der Waals surface area contributed by atoms with Crippen molar-refractivity contribution in [3.63, 3.8) is 0 Å². The molecule has 2 aromatic rings. The van der Waals surface area contributed by atoms with E-state index in [9.17, 15) is 4.79 Å². The first kappa shape index (κ1) is 13.9. The van der Waals surface area contributed by atoms with E-state index in [1.807, 2.05) is 0 Å². The average molecular weight is 287 g/mol. The zero-order valence-corrected chi connectivity index (χ0v) is 12.4. The van der Waals surface area contributed by atoms with Crippen LogP contribution in [-0.4, -0.2) is 40.5 Å². The topological polar surface area (TPSA) is 87.0 Å². The van der Waals surface area contributed by atoms with Gasteiger partial charge in [0.1, 0.15) is 0 Å². The fourth-order valence-electron chi connectivity index (χ4n) is 2.47. The molecule has 1 saturated carbocycles. The van der Waals surface area contributed by atoms with Gasteiger partial charge < -0.3 is 11.1 Å². The minimum atomic E-state index is -0.169. The monoisotopic (exact) mass is 287 g/mol. The lowest BCUT2D eigenvalue weighted by Crippen LogP contribution is -2.36. The molecular weight excluding hydrogens is 266 g/mol. The third-order valence-electron chi connectivity index (χ3n) is 4.11. The molecule has 1 aromatic carbocycles. The minimum Gasteiger partial charge on any atom is -0.399 e. The van der Waals surface area contributed by atoms with E-state index >= 15 is 0 Å². The van der Waals surface area contributed by atoms with E-state index < -0.39 is 0 Å². The highest BCUT2D eigenvalue weighted by Crippen LogP contribution is 2.26. The molecule has 0 spiro atoms. The molecule has 0 saturated heterocycles. The number of nitrogens with zero attached hydrogens (tertiary/aromatic N) is 2.